The zero-order valence-electron chi connectivity index (χ0n) is 19.9. The van der Waals surface area contributed by atoms with Crippen LogP contribution in [-0.2, 0) is 9.53 Å². The molecule has 0 bridgehead atoms. The average Bonchev–Trinajstić information content (AvgIpc) is 3.68. The second-order valence-corrected chi connectivity index (χ2v) is 9.66. The van der Waals surface area contributed by atoms with Gasteiger partial charge in [0, 0.05) is 0 Å². The van der Waals surface area contributed by atoms with Crippen molar-refractivity contribution in [2.75, 3.05) is 20.8 Å². The predicted molar refractivity (Wildman–Crippen MR) is 126 cm³/mol. The number of carbonyl (C=O) groups is 1. The van der Waals surface area contributed by atoms with Crippen LogP contribution in [0.1, 0.15) is 68.4 Å². The van der Waals surface area contributed by atoms with E-state index in [0.717, 1.165) is 55.4 Å². The van der Waals surface area contributed by atoms with Crippen molar-refractivity contribution in [3.05, 3.63) is 59.4 Å². The molecule has 2 aromatic carbocycles. The molecule has 4 rings (SSSR count). The van der Waals surface area contributed by atoms with E-state index in [-0.39, 0.29) is 29.5 Å². The minimum Gasteiger partial charge on any atom is -0.497 e. The van der Waals surface area contributed by atoms with Crippen LogP contribution in [-0.4, -0.2) is 26.8 Å². The van der Waals surface area contributed by atoms with Gasteiger partial charge >= 0.3 is 5.97 Å². The van der Waals surface area contributed by atoms with Crippen molar-refractivity contribution in [1.29, 1.82) is 0 Å². The van der Waals surface area contributed by atoms with Gasteiger partial charge in [0.15, 0.2) is 0 Å². The number of rotatable bonds is 9. The maximum atomic E-state index is 14.3. The van der Waals surface area contributed by atoms with Crippen LogP contribution < -0.4 is 9.47 Å². The predicted octanol–water partition coefficient (Wildman–Crippen LogP) is 6.49. The van der Waals surface area contributed by atoms with Crippen LogP contribution in [0.3, 0.4) is 0 Å². The Labute approximate surface area is 196 Å². The molecule has 0 heterocycles. The van der Waals surface area contributed by atoms with Crippen molar-refractivity contribution in [3.8, 4) is 11.5 Å². The van der Waals surface area contributed by atoms with Crippen molar-refractivity contribution >= 4 is 5.97 Å². The van der Waals surface area contributed by atoms with E-state index in [9.17, 15) is 9.18 Å². The van der Waals surface area contributed by atoms with E-state index in [1.54, 1.807) is 13.2 Å². The molecule has 0 aliphatic heterocycles. The van der Waals surface area contributed by atoms with Gasteiger partial charge in [-0.05, 0) is 104 Å². The smallest absolute Gasteiger partial charge is 0.309 e. The molecule has 0 spiro atoms. The summed E-state index contributed by atoms with van der Waals surface area (Å²) in [7, 11) is 3.07. The van der Waals surface area contributed by atoms with Gasteiger partial charge < -0.3 is 14.2 Å². The number of hydrogen-bond donors (Lipinski definition) is 0. The summed E-state index contributed by atoms with van der Waals surface area (Å²) < 4.78 is 30.8. The van der Waals surface area contributed by atoms with Gasteiger partial charge in [0.05, 0.1) is 26.7 Å². The first kappa shape index (κ1) is 23.6. The highest BCUT2D eigenvalue weighted by atomic mass is 19.1. The van der Waals surface area contributed by atoms with Gasteiger partial charge in [-0.25, -0.2) is 4.39 Å². The molecule has 4 nitrogen and oxygen atoms in total. The van der Waals surface area contributed by atoms with E-state index >= 15 is 0 Å². The number of halogens is 1. The fourth-order valence-corrected chi connectivity index (χ4v) is 5.38. The molecule has 2 aliphatic rings. The van der Waals surface area contributed by atoms with Crippen molar-refractivity contribution in [1.82, 2.24) is 0 Å². The summed E-state index contributed by atoms with van der Waals surface area (Å²) in [5.74, 6) is 2.53. The normalized spacial score (nSPS) is 22.3. The third-order valence-electron chi connectivity index (χ3n) is 7.46. The van der Waals surface area contributed by atoms with Gasteiger partial charge in [0.2, 0.25) is 0 Å². The molecule has 0 saturated heterocycles. The van der Waals surface area contributed by atoms with E-state index in [4.69, 9.17) is 14.2 Å². The van der Waals surface area contributed by atoms with Crippen LogP contribution in [0.5, 0.6) is 11.5 Å². The highest BCUT2D eigenvalue weighted by Crippen LogP contribution is 2.47. The third-order valence-corrected chi connectivity index (χ3v) is 7.46. The van der Waals surface area contributed by atoms with Gasteiger partial charge in [-0.3, -0.25) is 4.79 Å². The summed E-state index contributed by atoms with van der Waals surface area (Å²) >= 11 is 0. The number of methoxy groups -OCH3 is 2. The maximum absolute atomic E-state index is 14.3. The summed E-state index contributed by atoms with van der Waals surface area (Å²) in [5, 5.41) is 0. The number of hydrogen-bond acceptors (Lipinski definition) is 4. The molecular weight excluding hydrogens is 419 g/mol. The van der Waals surface area contributed by atoms with Gasteiger partial charge in [-0.1, -0.05) is 19.1 Å². The van der Waals surface area contributed by atoms with Crippen molar-refractivity contribution in [3.63, 3.8) is 0 Å². The molecule has 0 N–H and O–H groups in total. The second-order valence-electron chi connectivity index (χ2n) is 9.66. The van der Waals surface area contributed by atoms with Crippen molar-refractivity contribution in [2.45, 2.75) is 57.3 Å². The highest BCUT2D eigenvalue weighted by molar-refractivity contribution is 5.73. The topological polar surface area (TPSA) is 44.8 Å². The molecule has 0 aromatic heterocycles. The molecule has 2 atom stereocenters. The monoisotopic (exact) mass is 454 g/mol. The molecule has 2 saturated carbocycles. The average molecular weight is 455 g/mol. The van der Waals surface area contributed by atoms with Crippen LogP contribution in [0.25, 0.3) is 0 Å². The minimum atomic E-state index is -0.162. The molecule has 2 fully saturated rings. The number of benzene rings is 2. The van der Waals surface area contributed by atoms with Crippen LogP contribution in [0.4, 0.5) is 4.39 Å². The molecule has 33 heavy (non-hydrogen) atoms. The summed E-state index contributed by atoms with van der Waals surface area (Å²) in [6.07, 6.45) is 6.27. The standard InChI is InChI=1S/C28H35FO4/c1-18(28(30)32-3)27(21-11-12-21)22-5-4-6-24(15-22)33-17-19-7-9-20(10-8-19)25-16-23(31-2)13-14-26(25)29/h4-6,13-16,18-21,27H,7-12,17H2,1-3H3/t18-,19-,20-,27?/m0/s1. The Bertz CT molecular complexity index is 947. The quantitative estimate of drug-likeness (QED) is 0.406. The molecular formula is C28H35FO4. The summed E-state index contributed by atoms with van der Waals surface area (Å²) in [5.41, 5.74) is 1.93. The number of esters is 1. The number of ether oxygens (including phenoxy) is 3. The molecule has 0 radical (unpaired) electrons. The lowest BCUT2D eigenvalue weighted by Crippen LogP contribution is -2.22. The van der Waals surface area contributed by atoms with Gasteiger partial charge in [0.25, 0.3) is 0 Å². The highest BCUT2D eigenvalue weighted by Gasteiger charge is 2.39. The lowest BCUT2D eigenvalue weighted by molar-refractivity contribution is -0.145. The van der Waals surface area contributed by atoms with Crippen molar-refractivity contribution < 1.29 is 23.4 Å². The Morgan fingerprint density at radius 1 is 1.00 bits per heavy atom. The van der Waals surface area contributed by atoms with Crippen LogP contribution in [0.15, 0.2) is 42.5 Å². The van der Waals surface area contributed by atoms with E-state index in [0.29, 0.717) is 24.2 Å². The first-order valence-corrected chi connectivity index (χ1v) is 12.1. The first-order chi connectivity index (χ1) is 16.0. The molecule has 1 unspecified atom stereocenters. The molecule has 2 aromatic rings. The van der Waals surface area contributed by atoms with Gasteiger partial charge in [-0.15, -0.1) is 0 Å². The number of carbonyl (C=O) groups excluding carboxylic acids is 1. The van der Waals surface area contributed by atoms with E-state index in [2.05, 4.69) is 12.1 Å². The zero-order chi connectivity index (χ0) is 23.4. The summed E-state index contributed by atoms with van der Waals surface area (Å²) in [6.45, 7) is 2.63. The Morgan fingerprint density at radius 3 is 2.42 bits per heavy atom. The van der Waals surface area contributed by atoms with E-state index in [1.807, 2.05) is 25.1 Å². The fourth-order valence-electron chi connectivity index (χ4n) is 5.38. The molecule has 0 amide bonds. The Kier molecular flexibility index (Phi) is 7.56. The zero-order valence-corrected chi connectivity index (χ0v) is 19.9. The molecule has 5 heteroatoms. The maximum Gasteiger partial charge on any atom is 0.309 e. The fraction of sp³-hybridized carbons (Fsp3) is 0.536. The third kappa shape index (κ3) is 5.69. The van der Waals surface area contributed by atoms with Crippen LogP contribution in [0.2, 0.25) is 0 Å². The Hall–Kier alpha value is -2.56. The van der Waals surface area contributed by atoms with Gasteiger partial charge in [0.1, 0.15) is 17.3 Å². The van der Waals surface area contributed by atoms with Crippen molar-refractivity contribution in [2.24, 2.45) is 17.8 Å². The van der Waals surface area contributed by atoms with Crippen LogP contribution >= 0.6 is 0 Å². The van der Waals surface area contributed by atoms with Gasteiger partial charge in [-0.2, -0.15) is 0 Å². The summed E-state index contributed by atoms with van der Waals surface area (Å²) in [6, 6.07) is 13.2. The molecule has 178 valence electrons. The largest absolute Gasteiger partial charge is 0.497 e. The minimum absolute atomic E-state index is 0.140. The van der Waals surface area contributed by atoms with Crippen LogP contribution in [0, 0.1) is 23.6 Å². The lowest BCUT2D eigenvalue weighted by Gasteiger charge is -2.29. The first-order valence-electron chi connectivity index (χ1n) is 12.1. The Balaban J connectivity index is 1.34. The Morgan fingerprint density at radius 2 is 1.76 bits per heavy atom. The summed E-state index contributed by atoms with van der Waals surface area (Å²) in [4.78, 5) is 12.2. The molecule has 2 aliphatic carbocycles. The van der Waals surface area contributed by atoms with E-state index < -0.39 is 0 Å². The second kappa shape index (κ2) is 10.6. The SMILES string of the molecule is COC(=O)[C@@H](C)C(c1cccc(OC[C@H]2CC[C@H](c3cc(OC)ccc3F)CC2)c1)C1CC1. The van der Waals surface area contributed by atoms with E-state index in [1.165, 1.54) is 13.2 Å². The lowest BCUT2D eigenvalue weighted by atomic mass is 9.79.